The first-order chi connectivity index (χ1) is 10.5. The van der Waals surface area contributed by atoms with Crippen molar-refractivity contribution in [2.75, 3.05) is 18.9 Å². The van der Waals surface area contributed by atoms with Crippen LogP contribution in [0.2, 0.25) is 5.02 Å². The molecule has 0 bridgehead atoms. The number of amides is 2. The van der Waals surface area contributed by atoms with Crippen LogP contribution >= 0.6 is 11.6 Å². The summed E-state index contributed by atoms with van der Waals surface area (Å²) in [5, 5.41) is 3.09. The minimum Gasteiger partial charge on any atom is -0.331 e. The van der Waals surface area contributed by atoms with Crippen molar-refractivity contribution in [3.8, 4) is 0 Å². The predicted molar refractivity (Wildman–Crippen MR) is 83.8 cm³/mol. The van der Waals surface area contributed by atoms with E-state index in [1.807, 2.05) is 0 Å². The maximum Gasteiger partial charge on any atom is 0.274 e. The Hall–Kier alpha value is -2.47. The van der Waals surface area contributed by atoms with Crippen LogP contribution in [0.15, 0.2) is 36.7 Å². The maximum atomic E-state index is 12.1. The highest BCUT2D eigenvalue weighted by molar-refractivity contribution is 6.33. The SMILES string of the molecule is Cc1cnc(C(=O)N(C)CC(=O)Nc2ccccc2Cl)cn1. The number of aromatic nitrogens is 2. The molecule has 0 spiro atoms. The van der Waals surface area contributed by atoms with Gasteiger partial charge in [-0.2, -0.15) is 0 Å². The minimum atomic E-state index is -0.373. The molecule has 0 radical (unpaired) electrons. The standard InChI is InChI=1S/C15H15ClN4O2/c1-10-7-18-13(8-17-10)15(22)20(2)9-14(21)19-12-6-4-3-5-11(12)16/h3-8H,9H2,1-2H3,(H,19,21). The fraction of sp³-hybridized carbons (Fsp3) is 0.200. The van der Waals surface area contributed by atoms with Crippen LogP contribution in [-0.2, 0) is 4.79 Å². The molecule has 7 heteroatoms. The van der Waals surface area contributed by atoms with Crippen molar-refractivity contribution in [1.29, 1.82) is 0 Å². The largest absolute Gasteiger partial charge is 0.331 e. The summed E-state index contributed by atoms with van der Waals surface area (Å²) in [6, 6.07) is 6.89. The molecule has 1 heterocycles. The third-order valence-corrected chi connectivity index (χ3v) is 3.21. The van der Waals surface area contributed by atoms with E-state index in [1.165, 1.54) is 24.3 Å². The average molecular weight is 319 g/mol. The van der Waals surface area contributed by atoms with Gasteiger partial charge in [0.2, 0.25) is 5.91 Å². The summed E-state index contributed by atoms with van der Waals surface area (Å²) in [6.45, 7) is 1.67. The molecule has 0 aliphatic heterocycles. The number of halogens is 1. The molecule has 0 atom stereocenters. The fourth-order valence-corrected chi connectivity index (χ4v) is 1.92. The van der Waals surface area contributed by atoms with E-state index in [2.05, 4.69) is 15.3 Å². The number of anilines is 1. The van der Waals surface area contributed by atoms with Crippen LogP contribution in [0.3, 0.4) is 0 Å². The minimum absolute atomic E-state index is 0.111. The molecule has 0 aliphatic rings. The number of rotatable bonds is 4. The van der Waals surface area contributed by atoms with Gasteiger partial charge in [0.1, 0.15) is 5.69 Å². The number of nitrogens with zero attached hydrogens (tertiary/aromatic N) is 3. The molecule has 22 heavy (non-hydrogen) atoms. The lowest BCUT2D eigenvalue weighted by Gasteiger charge is -2.16. The van der Waals surface area contributed by atoms with Gasteiger partial charge in [-0.1, -0.05) is 23.7 Å². The van der Waals surface area contributed by atoms with Gasteiger partial charge in [-0.15, -0.1) is 0 Å². The second-order valence-electron chi connectivity index (χ2n) is 4.73. The lowest BCUT2D eigenvalue weighted by molar-refractivity contribution is -0.116. The van der Waals surface area contributed by atoms with Crippen molar-refractivity contribution in [1.82, 2.24) is 14.9 Å². The summed E-state index contributed by atoms with van der Waals surface area (Å²) in [6.07, 6.45) is 2.89. The number of carbonyl (C=O) groups is 2. The molecule has 1 N–H and O–H groups in total. The molecule has 1 aromatic carbocycles. The second-order valence-corrected chi connectivity index (χ2v) is 5.14. The van der Waals surface area contributed by atoms with Crippen molar-refractivity contribution in [3.63, 3.8) is 0 Å². The van der Waals surface area contributed by atoms with Gasteiger partial charge in [-0.25, -0.2) is 4.98 Å². The van der Waals surface area contributed by atoms with Gasteiger partial charge in [-0.3, -0.25) is 14.6 Å². The molecule has 2 rings (SSSR count). The van der Waals surface area contributed by atoms with E-state index in [-0.39, 0.29) is 24.1 Å². The molecule has 0 unspecified atom stereocenters. The summed E-state index contributed by atoms with van der Waals surface area (Å²) in [7, 11) is 1.52. The summed E-state index contributed by atoms with van der Waals surface area (Å²) < 4.78 is 0. The van der Waals surface area contributed by atoms with E-state index in [9.17, 15) is 9.59 Å². The molecule has 1 aromatic heterocycles. The quantitative estimate of drug-likeness (QED) is 0.937. The van der Waals surface area contributed by atoms with Gasteiger partial charge < -0.3 is 10.2 Å². The van der Waals surface area contributed by atoms with Gasteiger partial charge in [0.15, 0.2) is 0 Å². The Bertz CT molecular complexity index is 688. The maximum absolute atomic E-state index is 12.1. The molecule has 0 aliphatic carbocycles. The van der Waals surface area contributed by atoms with Crippen molar-refractivity contribution in [3.05, 3.63) is 53.1 Å². The number of hydrogen-bond acceptors (Lipinski definition) is 4. The first-order valence-electron chi connectivity index (χ1n) is 6.56. The van der Waals surface area contributed by atoms with Gasteiger partial charge >= 0.3 is 0 Å². The Morgan fingerprint density at radius 2 is 1.95 bits per heavy atom. The van der Waals surface area contributed by atoms with Crippen LogP contribution in [0.5, 0.6) is 0 Å². The van der Waals surface area contributed by atoms with E-state index >= 15 is 0 Å². The summed E-state index contributed by atoms with van der Waals surface area (Å²) in [5.41, 5.74) is 1.42. The smallest absolute Gasteiger partial charge is 0.274 e. The number of para-hydroxylation sites is 1. The first kappa shape index (κ1) is 15.9. The van der Waals surface area contributed by atoms with Crippen LogP contribution in [0.1, 0.15) is 16.2 Å². The molecular formula is C15H15ClN4O2. The molecule has 0 fully saturated rings. The topological polar surface area (TPSA) is 75.2 Å². The molecule has 114 valence electrons. The number of likely N-dealkylation sites (N-methyl/N-ethyl adjacent to an activating group) is 1. The first-order valence-corrected chi connectivity index (χ1v) is 6.93. The van der Waals surface area contributed by atoms with Crippen LogP contribution in [0.25, 0.3) is 0 Å². The zero-order valence-electron chi connectivity index (χ0n) is 12.2. The number of aryl methyl sites for hydroxylation is 1. The Kier molecular flexibility index (Phi) is 5.06. The van der Waals surface area contributed by atoms with E-state index in [4.69, 9.17) is 11.6 Å². The van der Waals surface area contributed by atoms with Crippen LogP contribution in [0.4, 0.5) is 5.69 Å². The molecule has 2 aromatic rings. The van der Waals surface area contributed by atoms with Gasteiger partial charge in [0, 0.05) is 13.2 Å². The third-order valence-electron chi connectivity index (χ3n) is 2.88. The molecule has 0 saturated carbocycles. The molecule has 0 saturated heterocycles. The van der Waals surface area contributed by atoms with Crippen molar-refractivity contribution in [2.24, 2.45) is 0 Å². The van der Waals surface area contributed by atoms with E-state index < -0.39 is 0 Å². The zero-order chi connectivity index (χ0) is 16.1. The van der Waals surface area contributed by atoms with E-state index in [0.29, 0.717) is 10.7 Å². The predicted octanol–water partition coefficient (Wildman–Crippen LogP) is 2.15. The number of hydrogen-bond donors (Lipinski definition) is 1. The highest BCUT2D eigenvalue weighted by Gasteiger charge is 2.17. The van der Waals surface area contributed by atoms with E-state index in [0.717, 1.165) is 5.69 Å². The fourth-order valence-electron chi connectivity index (χ4n) is 1.74. The van der Waals surface area contributed by atoms with Crippen molar-refractivity contribution < 1.29 is 9.59 Å². The monoisotopic (exact) mass is 318 g/mol. The second kappa shape index (κ2) is 7.00. The highest BCUT2D eigenvalue weighted by atomic mass is 35.5. The average Bonchev–Trinajstić information content (AvgIpc) is 2.49. The van der Waals surface area contributed by atoms with Gasteiger partial charge in [-0.05, 0) is 19.1 Å². The van der Waals surface area contributed by atoms with Crippen molar-refractivity contribution >= 4 is 29.1 Å². The molecule has 6 nitrogen and oxygen atoms in total. The van der Waals surface area contributed by atoms with Crippen LogP contribution in [0, 0.1) is 6.92 Å². The Labute approximate surface area is 133 Å². The number of carbonyl (C=O) groups excluding carboxylic acids is 2. The van der Waals surface area contributed by atoms with Crippen LogP contribution in [-0.4, -0.2) is 40.3 Å². The lowest BCUT2D eigenvalue weighted by Crippen LogP contribution is -2.35. The van der Waals surface area contributed by atoms with Gasteiger partial charge in [0.25, 0.3) is 5.91 Å². The summed E-state index contributed by atoms with van der Waals surface area (Å²) in [5.74, 6) is -0.717. The van der Waals surface area contributed by atoms with Gasteiger partial charge in [0.05, 0.1) is 29.1 Å². The Balaban J connectivity index is 1.97. The summed E-state index contributed by atoms with van der Waals surface area (Å²) in [4.78, 5) is 33.4. The van der Waals surface area contributed by atoms with E-state index in [1.54, 1.807) is 31.2 Å². The number of benzene rings is 1. The molecular weight excluding hydrogens is 304 g/mol. The number of nitrogens with one attached hydrogen (secondary N) is 1. The lowest BCUT2D eigenvalue weighted by atomic mass is 10.3. The Morgan fingerprint density at radius 1 is 1.23 bits per heavy atom. The Morgan fingerprint density at radius 3 is 2.59 bits per heavy atom. The zero-order valence-corrected chi connectivity index (χ0v) is 13.0. The highest BCUT2D eigenvalue weighted by Crippen LogP contribution is 2.20. The normalized spacial score (nSPS) is 10.1. The van der Waals surface area contributed by atoms with Crippen molar-refractivity contribution in [2.45, 2.75) is 6.92 Å². The molecule has 2 amide bonds. The summed E-state index contributed by atoms with van der Waals surface area (Å²) >= 11 is 5.96. The van der Waals surface area contributed by atoms with Crippen LogP contribution < -0.4 is 5.32 Å². The third kappa shape index (κ3) is 4.02.